The zero-order valence-electron chi connectivity index (χ0n) is 6.14. The van der Waals surface area contributed by atoms with E-state index in [1.165, 1.54) is 13.8 Å². The molecular formula is C4H9NO5S. The summed E-state index contributed by atoms with van der Waals surface area (Å²) in [7, 11) is 0. The van der Waals surface area contributed by atoms with Gasteiger partial charge >= 0.3 is 11.4 Å². The molecule has 0 rings (SSSR count). The highest BCUT2D eigenvalue weighted by atomic mass is 32.2. The molecule has 0 heterocycles. The van der Waals surface area contributed by atoms with Crippen molar-refractivity contribution in [1.82, 2.24) is 0 Å². The van der Waals surface area contributed by atoms with E-state index in [1.54, 1.807) is 0 Å². The van der Waals surface area contributed by atoms with E-state index in [4.69, 9.17) is 4.55 Å². The van der Waals surface area contributed by atoms with E-state index in [-0.39, 0.29) is 6.61 Å². The quantitative estimate of drug-likeness (QED) is 0.382. The van der Waals surface area contributed by atoms with Gasteiger partial charge in [0.05, 0.1) is 0 Å². The van der Waals surface area contributed by atoms with Gasteiger partial charge < -0.3 is 0 Å². The van der Waals surface area contributed by atoms with Crippen LogP contribution in [0.4, 0.5) is 0 Å². The summed E-state index contributed by atoms with van der Waals surface area (Å²) in [4.78, 5) is 9.61. The third-order valence-electron chi connectivity index (χ3n) is 1.01. The SMILES string of the molecule is CC(C)(COS(=O)O)[N+](=O)[O-]. The molecule has 0 bridgehead atoms. The van der Waals surface area contributed by atoms with Crippen molar-refractivity contribution in [3.05, 3.63) is 10.1 Å². The first kappa shape index (κ1) is 10.5. The van der Waals surface area contributed by atoms with Gasteiger partial charge in [0.1, 0.15) is 6.61 Å². The highest BCUT2D eigenvalue weighted by Gasteiger charge is 2.31. The number of rotatable bonds is 4. The Morgan fingerprint density at radius 3 is 2.45 bits per heavy atom. The first-order valence-corrected chi connectivity index (χ1v) is 3.78. The molecule has 11 heavy (non-hydrogen) atoms. The third kappa shape index (κ3) is 4.02. The maximum atomic E-state index is 10.2. The van der Waals surface area contributed by atoms with E-state index in [0.29, 0.717) is 0 Å². The minimum Gasteiger partial charge on any atom is -0.284 e. The minimum atomic E-state index is -2.43. The number of hydrogen-bond donors (Lipinski definition) is 1. The Bertz CT molecular complexity index is 179. The van der Waals surface area contributed by atoms with Crippen molar-refractivity contribution in [2.75, 3.05) is 6.61 Å². The largest absolute Gasteiger partial charge is 0.302 e. The first-order chi connectivity index (χ1) is 4.86. The van der Waals surface area contributed by atoms with Crippen LogP contribution in [0, 0.1) is 10.1 Å². The van der Waals surface area contributed by atoms with Crippen molar-refractivity contribution in [2.24, 2.45) is 0 Å². The molecule has 1 atom stereocenters. The van der Waals surface area contributed by atoms with E-state index in [0.717, 1.165) is 0 Å². The van der Waals surface area contributed by atoms with Gasteiger partial charge in [0.25, 0.3) is 0 Å². The second kappa shape index (κ2) is 3.74. The number of hydrogen-bond acceptors (Lipinski definition) is 4. The van der Waals surface area contributed by atoms with Gasteiger partial charge in [-0.15, -0.1) is 0 Å². The zero-order valence-corrected chi connectivity index (χ0v) is 6.96. The predicted octanol–water partition coefficient (Wildman–Crippen LogP) is 0.195. The molecule has 0 fully saturated rings. The second-order valence-electron chi connectivity index (χ2n) is 2.55. The van der Waals surface area contributed by atoms with E-state index >= 15 is 0 Å². The molecule has 0 aromatic heterocycles. The summed E-state index contributed by atoms with van der Waals surface area (Å²) < 4.78 is 22.2. The molecule has 0 spiro atoms. The van der Waals surface area contributed by atoms with Crippen LogP contribution < -0.4 is 0 Å². The Balaban J connectivity index is 3.92. The van der Waals surface area contributed by atoms with Crippen LogP contribution in [0.25, 0.3) is 0 Å². The smallest absolute Gasteiger partial charge is 0.284 e. The summed E-state index contributed by atoms with van der Waals surface area (Å²) >= 11 is -2.43. The Morgan fingerprint density at radius 1 is 1.73 bits per heavy atom. The van der Waals surface area contributed by atoms with Crippen LogP contribution in [0.3, 0.4) is 0 Å². The van der Waals surface area contributed by atoms with Crippen molar-refractivity contribution in [1.29, 1.82) is 0 Å². The summed E-state index contributed by atoms with van der Waals surface area (Å²) in [6.45, 7) is 2.23. The first-order valence-electron chi connectivity index (χ1n) is 2.75. The molecule has 66 valence electrons. The molecule has 1 unspecified atom stereocenters. The van der Waals surface area contributed by atoms with Crippen molar-refractivity contribution in [2.45, 2.75) is 19.4 Å². The van der Waals surface area contributed by atoms with E-state index < -0.39 is 21.8 Å². The lowest BCUT2D eigenvalue weighted by molar-refractivity contribution is -0.562. The number of nitrogens with zero attached hydrogens (tertiary/aromatic N) is 1. The molecule has 0 aliphatic rings. The highest BCUT2D eigenvalue weighted by Crippen LogP contribution is 2.07. The molecule has 0 aliphatic carbocycles. The van der Waals surface area contributed by atoms with Crippen LogP contribution >= 0.6 is 0 Å². The fraction of sp³-hybridized carbons (Fsp3) is 1.00. The molecule has 1 N–H and O–H groups in total. The van der Waals surface area contributed by atoms with Crippen LogP contribution in [0.15, 0.2) is 0 Å². The fourth-order valence-corrected chi connectivity index (χ4v) is 0.637. The zero-order chi connectivity index (χ0) is 9.07. The van der Waals surface area contributed by atoms with Crippen molar-refractivity contribution < 1.29 is 17.9 Å². The topological polar surface area (TPSA) is 89.7 Å². The summed E-state index contributed by atoms with van der Waals surface area (Å²) in [6.07, 6.45) is 0. The summed E-state index contributed by atoms with van der Waals surface area (Å²) in [6, 6.07) is 0. The maximum Gasteiger partial charge on any atom is 0.302 e. The van der Waals surface area contributed by atoms with Gasteiger partial charge in [0.2, 0.25) is 5.54 Å². The van der Waals surface area contributed by atoms with Crippen LogP contribution in [-0.2, 0) is 15.5 Å². The molecule has 7 heteroatoms. The Morgan fingerprint density at radius 2 is 2.18 bits per heavy atom. The Hall–Kier alpha value is -0.530. The van der Waals surface area contributed by atoms with Gasteiger partial charge in [-0.2, -0.15) is 4.21 Å². The molecule has 0 saturated heterocycles. The van der Waals surface area contributed by atoms with Gasteiger partial charge in [-0.25, -0.2) is 0 Å². The highest BCUT2D eigenvalue weighted by molar-refractivity contribution is 7.74. The molecule has 0 aliphatic heterocycles. The van der Waals surface area contributed by atoms with Gasteiger partial charge in [0, 0.05) is 18.8 Å². The minimum absolute atomic E-state index is 0.386. The van der Waals surface area contributed by atoms with Crippen molar-refractivity contribution >= 4 is 11.4 Å². The summed E-state index contributed by atoms with van der Waals surface area (Å²) in [5, 5.41) is 10.2. The molecule has 0 aromatic rings. The maximum absolute atomic E-state index is 10.2. The number of nitro groups is 1. The van der Waals surface area contributed by atoms with Gasteiger partial charge in [-0.3, -0.25) is 18.9 Å². The molecular weight excluding hydrogens is 174 g/mol. The van der Waals surface area contributed by atoms with Crippen molar-refractivity contribution in [3.8, 4) is 0 Å². The Kier molecular flexibility index (Phi) is 3.56. The Labute approximate surface area is 66.2 Å². The fourth-order valence-electron chi connectivity index (χ4n) is 0.247. The second-order valence-corrected chi connectivity index (χ2v) is 3.22. The lowest BCUT2D eigenvalue weighted by Gasteiger charge is -2.12. The van der Waals surface area contributed by atoms with E-state index in [2.05, 4.69) is 4.18 Å². The molecule has 0 amide bonds. The average Bonchev–Trinajstić information content (AvgIpc) is 1.84. The van der Waals surface area contributed by atoms with Gasteiger partial charge in [0.15, 0.2) is 0 Å². The molecule has 6 nitrogen and oxygen atoms in total. The van der Waals surface area contributed by atoms with Crippen LogP contribution in [-0.4, -0.2) is 25.8 Å². The molecule has 0 saturated carbocycles. The van der Waals surface area contributed by atoms with E-state index in [1.807, 2.05) is 0 Å². The summed E-state index contributed by atoms with van der Waals surface area (Å²) in [5.74, 6) is 0. The van der Waals surface area contributed by atoms with Crippen LogP contribution in [0.2, 0.25) is 0 Å². The van der Waals surface area contributed by atoms with Crippen LogP contribution in [0.5, 0.6) is 0 Å². The van der Waals surface area contributed by atoms with Gasteiger partial charge in [-0.1, -0.05) is 0 Å². The van der Waals surface area contributed by atoms with Crippen LogP contribution in [0.1, 0.15) is 13.8 Å². The average molecular weight is 183 g/mol. The van der Waals surface area contributed by atoms with Crippen molar-refractivity contribution in [3.63, 3.8) is 0 Å². The van der Waals surface area contributed by atoms with Gasteiger partial charge in [-0.05, 0) is 0 Å². The molecule has 0 radical (unpaired) electrons. The summed E-state index contributed by atoms with van der Waals surface area (Å²) in [5.41, 5.74) is -1.32. The normalized spacial score (nSPS) is 14.5. The standard InChI is InChI=1S/C4H9NO5S/c1-4(2,5(6)7)3-10-11(8)9/h3H2,1-2H3,(H,8,9). The predicted molar refractivity (Wildman–Crippen MR) is 37.8 cm³/mol. The lowest BCUT2D eigenvalue weighted by Crippen LogP contribution is -2.36. The lowest BCUT2D eigenvalue weighted by atomic mass is 10.1. The monoisotopic (exact) mass is 183 g/mol. The molecule has 0 aromatic carbocycles. The van der Waals surface area contributed by atoms with E-state index in [9.17, 15) is 14.3 Å². The third-order valence-corrected chi connectivity index (χ3v) is 1.33.